The first-order valence-corrected chi connectivity index (χ1v) is 13.0. The number of hydrogen-bond acceptors (Lipinski definition) is 6. The molecule has 8 heteroatoms. The van der Waals surface area contributed by atoms with E-state index in [0.29, 0.717) is 43.9 Å². The van der Waals surface area contributed by atoms with Crippen LogP contribution in [0.15, 0.2) is 40.3 Å². The first-order chi connectivity index (χ1) is 15.6. The highest BCUT2D eigenvalue weighted by Crippen LogP contribution is 2.36. The number of fused-ring (bicyclic) bond motifs is 3. The van der Waals surface area contributed by atoms with Crippen molar-refractivity contribution >= 4 is 39.2 Å². The number of nitrogens with zero attached hydrogens (tertiary/aromatic N) is 3. The standard InChI is InChI=1S/C24H27N3O3S2/c1-16-7-8-18-19(13-16)32-22-21(18)23(29)27(14-17-5-3-2-4-6-17)24(25-22)31-15-20(28)26-9-11-30-12-10-26/h2-6,16H,7-15H2,1H3/t16-/m0/s1. The van der Waals surface area contributed by atoms with Crippen LogP contribution < -0.4 is 5.56 Å². The van der Waals surface area contributed by atoms with E-state index >= 15 is 0 Å². The lowest BCUT2D eigenvalue weighted by molar-refractivity contribution is -0.132. The average Bonchev–Trinajstić information content (AvgIpc) is 3.18. The molecule has 6 nitrogen and oxygen atoms in total. The molecule has 1 aliphatic carbocycles. The summed E-state index contributed by atoms with van der Waals surface area (Å²) in [5.74, 6) is 0.981. The monoisotopic (exact) mass is 469 g/mol. The number of rotatable bonds is 5. The van der Waals surface area contributed by atoms with Crippen molar-refractivity contribution in [3.05, 3.63) is 56.7 Å². The van der Waals surface area contributed by atoms with Crippen LogP contribution in [0.3, 0.4) is 0 Å². The minimum absolute atomic E-state index is 0.0206. The lowest BCUT2D eigenvalue weighted by atomic mass is 9.89. The summed E-state index contributed by atoms with van der Waals surface area (Å²) in [5, 5.41) is 1.41. The van der Waals surface area contributed by atoms with Crippen LogP contribution in [0.4, 0.5) is 0 Å². The summed E-state index contributed by atoms with van der Waals surface area (Å²) in [4.78, 5) is 35.3. The molecular weight excluding hydrogens is 442 g/mol. The van der Waals surface area contributed by atoms with Gasteiger partial charge in [0, 0.05) is 18.0 Å². The number of thiophene rings is 1. The van der Waals surface area contributed by atoms with Gasteiger partial charge >= 0.3 is 0 Å². The van der Waals surface area contributed by atoms with Crippen molar-refractivity contribution < 1.29 is 9.53 Å². The summed E-state index contributed by atoms with van der Waals surface area (Å²) in [6.45, 7) is 5.14. The molecule has 0 spiro atoms. The van der Waals surface area contributed by atoms with E-state index in [-0.39, 0.29) is 17.2 Å². The fourth-order valence-corrected chi connectivity index (χ4v) is 6.78. The zero-order valence-corrected chi connectivity index (χ0v) is 19.8. The third kappa shape index (κ3) is 4.36. The number of amides is 1. The van der Waals surface area contributed by atoms with Gasteiger partial charge in [-0.05, 0) is 36.3 Å². The highest BCUT2D eigenvalue weighted by Gasteiger charge is 2.25. The Morgan fingerprint density at radius 2 is 2.03 bits per heavy atom. The second-order valence-electron chi connectivity index (χ2n) is 8.59. The molecule has 1 fully saturated rings. The molecule has 168 valence electrons. The topological polar surface area (TPSA) is 64.4 Å². The highest BCUT2D eigenvalue weighted by atomic mass is 32.2. The zero-order chi connectivity index (χ0) is 22.1. The second kappa shape index (κ2) is 9.37. The van der Waals surface area contributed by atoms with Crippen molar-refractivity contribution in [3.8, 4) is 0 Å². The highest BCUT2D eigenvalue weighted by molar-refractivity contribution is 7.99. The SMILES string of the molecule is C[C@H]1CCc2c(sc3nc(SCC(=O)N4CCOCC4)n(Cc4ccccc4)c(=O)c23)C1. The van der Waals surface area contributed by atoms with Gasteiger partial charge in [-0.25, -0.2) is 4.98 Å². The van der Waals surface area contributed by atoms with Crippen molar-refractivity contribution in [2.75, 3.05) is 32.1 Å². The Morgan fingerprint density at radius 3 is 2.81 bits per heavy atom. The Kier molecular flexibility index (Phi) is 6.35. The van der Waals surface area contributed by atoms with E-state index in [1.54, 1.807) is 15.9 Å². The van der Waals surface area contributed by atoms with Crippen molar-refractivity contribution in [1.82, 2.24) is 14.5 Å². The summed E-state index contributed by atoms with van der Waals surface area (Å²) >= 11 is 3.03. The van der Waals surface area contributed by atoms with Gasteiger partial charge in [-0.3, -0.25) is 14.2 Å². The molecule has 0 radical (unpaired) electrons. The summed E-state index contributed by atoms with van der Waals surface area (Å²) in [6, 6.07) is 9.98. The number of morpholine rings is 1. The first kappa shape index (κ1) is 21.7. The molecule has 5 rings (SSSR count). The number of aryl methyl sites for hydroxylation is 1. The Labute approximate surface area is 195 Å². The number of ether oxygens (including phenoxy) is 1. The first-order valence-electron chi connectivity index (χ1n) is 11.2. The Bertz CT molecular complexity index is 1180. The fourth-order valence-electron chi connectivity index (χ4n) is 4.45. The minimum Gasteiger partial charge on any atom is -0.378 e. The number of carbonyl (C=O) groups is 1. The van der Waals surface area contributed by atoms with E-state index in [2.05, 4.69) is 6.92 Å². The van der Waals surface area contributed by atoms with Gasteiger partial charge in [0.25, 0.3) is 5.56 Å². The molecule has 3 aromatic rings. The van der Waals surface area contributed by atoms with E-state index < -0.39 is 0 Å². The maximum absolute atomic E-state index is 13.7. The quantitative estimate of drug-likeness (QED) is 0.422. The molecule has 0 N–H and O–H groups in total. The molecule has 1 amide bonds. The number of carbonyl (C=O) groups excluding carboxylic acids is 1. The Morgan fingerprint density at radius 1 is 1.25 bits per heavy atom. The van der Waals surface area contributed by atoms with Crippen molar-refractivity contribution in [2.45, 2.75) is 37.9 Å². The van der Waals surface area contributed by atoms with Crippen molar-refractivity contribution in [1.29, 1.82) is 0 Å². The summed E-state index contributed by atoms with van der Waals surface area (Å²) in [6.07, 6.45) is 3.08. The molecule has 3 heterocycles. The van der Waals surface area contributed by atoms with Crippen LogP contribution in [-0.4, -0.2) is 52.4 Å². The van der Waals surface area contributed by atoms with Gasteiger partial charge < -0.3 is 9.64 Å². The van der Waals surface area contributed by atoms with Gasteiger partial charge in [-0.15, -0.1) is 11.3 Å². The van der Waals surface area contributed by atoms with E-state index in [4.69, 9.17) is 9.72 Å². The Hall–Kier alpha value is -2.16. The molecule has 1 aliphatic heterocycles. The fraction of sp³-hybridized carbons (Fsp3) is 0.458. The minimum atomic E-state index is 0.0206. The number of benzene rings is 1. The van der Waals surface area contributed by atoms with E-state index in [0.717, 1.165) is 35.0 Å². The second-order valence-corrected chi connectivity index (χ2v) is 10.6. The maximum atomic E-state index is 13.7. The van der Waals surface area contributed by atoms with E-state index in [1.807, 2.05) is 35.2 Å². The van der Waals surface area contributed by atoms with Gasteiger partial charge in [0.05, 0.1) is 30.9 Å². The lowest BCUT2D eigenvalue weighted by Gasteiger charge is -2.26. The van der Waals surface area contributed by atoms with Crippen LogP contribution >= 0.6 is 23.1 Å². The zero-order valence-electron chi connectivity index (χ0n) is 18.2. The molecule has 1 saturated heterocycles. The molecular formula is C24H27N3O3S2. The normalized spacial score (nSPS) is 18.7. The van der Waals surface area contributed by atoms with Gasteiger partial charge in [0.15, 0.2) is 5.16 Å². The molecule has 0 bridgehead atoms. The summed E-state index contributed by atoms with van der Waals surface area (Å²) in [5.41, 5.74) is 2.27. The van der Waals surface area contributed by atoms with Gasteiger partial charge in [-0.1, -0.05) is 49.0 Å². The Balaban J connectivity index is 1.51. The van der Waals surface area contributed by atoms with Crippen molar-refractivity contribution in [3.63, 3.8) is 0 Å². The van der Waals surface area contributed by atoms with Gasteiger partial charge in [-0.2, -0.15) is 0 Å². The third-order valence-electron chi connectivity index (χ3n) is 6.25. The van der Waals surface area contributed by atoms with E-state index in [9.17, 15) is 9.59 Å². The third-order valence-corrected chi connectivity index (χ3v) is 8.36. The smallest absolute Gasteiger partial charge is 0.263 e. The van der Waals surface area contributed by atoms with Gasteiger partial charge in [0.2, 0.25) is 5.91 Å². The average molecular weight is 470 g/mol. The van der Waals surface area contributed by atoms with Crippen LogP contribution in [0, 0.1) is 5.92 Å². The maximum Gasteiger partial charge on any atom is 0.263 e. The number of aromatic nitrogens is 2. The molecule has 2 aliphatic rings. The van der Waals surface area contributed by atoms with E-state index in [1.165, 1.54) is 22.2 Å². The number of thioether (sulfide) groups is 1. The van der Waals surface area contributed by atoms with Crippen molar-refractivity contribution in [2.24, 2.45) is 5.92 Å². The summed E-state index contributed by atoms with van der Waals surface area (Å²) in [7, 11) is 0. The van der Waals surface area contributed by atoms with Crippen LogP contribution in [-0.2, 0) is 28.9 Å². The van der Waals surface area contributed by atoms with Crippen LogP contribution in [0.1, 0.15) is 29.3 Å². The van der Waals surface area contributed by atoms with Crippen LogP contribution in [0.25, 0.3) is 10.2 Å². The van der Waals surface area contributed by atoms with Gasteiger partial charge in [0.1, 0.15) is 4.83 Å². The molecule has 1 aromatic carbocycles. The molecule has 0 unspecified atom stereocenters. The predicted molar refractivity (Wildman–Crippen MR) is 129 cm³/mol. The van der Waals surface area contributed by atoms with Crippen LogP contribution in [0.5, 0.6) is 0 Å². The molecule has 0 saturated carbocycles. The van der Waals surface area contributed by atoms with Crippen LogP contribution in [0.2, 0.25) is 0 Å². The molecule has 1 atom stereocenters. The summed E-state index contributed by atoms with van der Waals surface area (Å²) < 4.78 is 7.12. The predicted octanol–water partition coefficient (Wildman–Crippen LogP) is 3.58. The molecule has 32 heavy (non-hydrogen) atoms. The largest absolute Gasteiger partial charge is 0.378 e. The molecule has 2 aromatic heterocycles. The lowest BCUT2D eigenvalue weighted by Crippen LogP contribution is -2.41. The number of hydrogen-bond donors (Lipinski definition) is 0.